The van der Waals surface area contributed by atoms with E-state index in [2.05, 4.69) is 0 Å². The second-order valence-corrected chi connectivity index (χ2v) is 4.43. The minimum atomic E-state index is -2.24. The molecule has 0 aliphatic carbocycles. The first-order valence-corrected chi connectivity index (χ1v) is 5.90. The standard InChI is InChI=1S/C15H14F3N/c1-10-7-8-12(14(17)13(10)16)15(18,9-19)11-5-3-2-4-6-11/h2-8H,9,19H2,1H3. The van der Waals surface area contributed by atoms with Crippen LogP contribution in [0.5, 0.6) is 0 Å². The van der Waals surface area contributed by atoms with Crippen molar-refractivity contribution in [1.82, 2.24) is 0 Å². The summed E-state index contributed by atoms with van der Waals surface area (Å²) in [6, 6.07) is 10.6. The van der Waals surface area contributed by atoms with Crippen molar-refractivity contribution >= 4 is 0 Å². The molecule has 1 unspecified atom stereocenters. The van der Waals surface area contributed by atoms with E-state index in [0.717, 1.165) is 0 Å². The van der Waals surface area contributed by atoms with Crippen LogP contribution in [0.25, 0.3) is 0 Å². The molecule has 0 bridgehead atoms. The van der Waals surface area contributed by atoms with Crippen LogP contribution >= 0.6 is 0 Å². The molecule has 2 rings (SSSR count). The van der Waals surface area contributed by atoms with Crippen LogP contribution in [-0.2, 0) is 5.67 Å². The zero-order chi connectivity index (χ0) is 14.0. The molecule has 100 valence electrons. The van der Waals surface area contributed by atoms with Crippen LogP contribution in [0.2, 0.25) is 0 Å². The molecule has 0 heterocycles. The van der Waals surface area contributed by atoms with E-state index in [1.807, 2.05) is 0 Å². The minimum Gasteiger partial charge on any atom is -0.327 e. The van der Waals surface area contributed by atoms with Gasteiger partial charge in [0, 0.05) is 12.1 Å². The second-order valence-electron chi connectivity index (χ2n) is 4.43. The summed E-state index contributed by atoms with van der Waals surface area (Å²) >= 11 is 0. The number of aryl methyl sites for hydroxylation is 1. The van der Waals surface area contributed by atoms with E-state index >= 15 is 4.39 Å². The highest BCUT2D eigenvalue weighted by Gasteiger charge is 2.36. The van der Waals surface area contributed by atoms with E-state index in [4.69, 9.17) is 5.73 Å². The molecule has 1 nitrogen and oxygen atoms in total. The monoisotopic (exact) mass is 265 g/mol. The summed E-state index contributed by atoms with van der Waals surface area (Å²) in [5, 5.41) is 0. The van der Waals surface area contributed by atoms with E-state index in [1.54, 1.807) is 18.2 Å². The van der Waals surface area contributed by atoms with E-state index < -0.39 is 23.8 Å². The average molecular weight is 265 g/mol. The molecule has 0 aliphatic heterocycles. The maximum Gasteiger partial charge on any atom is 0.176 e. The Morgan fingerprint density at radius 2 is 1.63 bits per heavy atom. The SMILES string of the molecule is Cc1ccc(C(F)(CN)c2ccccc2)c(F)c1F. The Morgan fingerprint density at radius 3 is 2.21 bits per heavy atom. The molecular weight excluding hydrogens is 251 g/mol. The van der Waals surface area contributed by atoms with E-state index in [1.165, 1.54) is 31.2 Å². The first kappa shape index (κ1) is 13.6. The highest BCUT2D eigenvalue weighted by Crippen LogP contribution is 2.35. The molecule has 0 spiro atoms. The molecule has 1 atom stereocenters. The Hall–Kier alpha value is -1.81. The molecule has 0 fully saturated rings. The number of nitrogens with two attached hydrogens (primary N) is 1. The maximum atomic E-state index is 15.0. The molecular formula is C15H14F3N. The molecule has 0 aromatic heterocycles. The number of hydrogen-bond donors (Lipinski definition) is 1. The zero-order valence-corrected chi connectivity index (χ0v) is 10.5. The molecule has 0 saturated carbocycles. The third kappa shape index (κ3) is 2.24. The van der Waals surface area contributed by atoms with E-state index in [9.17, 15) is 8.78 Å². The Kier molecular flexibility index (Phi) is 3.62. The highest BCUT2D eigenvalue weighted by molar-refractivity contribution is 5.39. The van der Waals surface area contributed by atoms with Gasteiger partial charge >= 0.3 is 0 Å². The summed E-state index contributed by atoms with van der Waals surface area (Å²) < 4.78 is 42.6. The van der Waals surface area contributed by atoms with Crippen molar-refractivity contribution in [2.45, 2.75) is 12.6 Å². The molecule has 0 aliphatic rings. The van der Waals surface area contributed by atoms with Crippen LogP contribution in [0.1, 0.15) is 16.7 Å². The number of benzene rings is 2. The summed E-state index contributed by atoms with van der Waals surface area (Å²) in [5.74, 6) is -2.22. The Labute approximate surface area is 109 Å². The van der Waals surface area contributed by atoms with Gasteiger partial charge in [-0.15, -0.1) is 0 Å². The second kappa shape index (κ2) is 5.05. The van der Waals surface area contributed by atoms with Crippen molar-refractivity contribution in [3.05, 3.63) is 70.8 Å². The topological polar surface area (TPSA) is 26.0 Å². The Bertz CT molecular complexity index is 583. The van der Waals surface area contributed by atoms with Gasteiger partial charge in [0.05, 0.1) is 0 Å². The first-order chi connectivity index (χ1) is 9.00. The van der Waals surface area contributed by atoms with E-state index in [-0.39, 0.29) is 16.7 Å². The lowest BCUT2D eigenvalue weighted by Gasteiger charge is -2.25. The fourth-order valence-electron chi connectivity index (χ4n) is 2.04. The summed E-state index contributed by atoms with van der Waals surface area (Å²) in [6.45, 7) is 0.962. The van der Waals surface area contributed by atoms with Crippen molar-refractivity contribution in [2.75, 3.05) is 6.54 Å². The molecule has 0 amide bonds. The molecule has 0 radical (unpaired) electrons. The van der Waals surface area contributed by atoms with Gasteiger partial charge in [-0.25, -0.2) is 13.2 Å². The van der Waals surface area contributed by atoms with Gasteiger partial charge in [-0.05, 0) is 18.1 Å². The summed E-state index contributed by atoms with van der Waals surface area (Å²) in [5.41, 5.74) is 3.20. The predicted octanol–water partition coefficient (Wildman–Crippen LogP) is 3.45. The minimum absolute atomic E-state index is 0.133. The fourth-order valence-corrected chi connectivity index (χ4v) is 2.04. The van der Waals surface area contributed by atoms with Crippen molar-refractivity contribution in [3.8, 4) is 0 Å². The van der Waals surface area contributed by atoms with Gasteiger partial charge in [0.25, 0.3) is 0 Å². The smallest absolute Gasteiger partial charge is 0.176 e. The lowest BCUT2D eigenvalue weighted by molar-refractivity contribution is 0.222. The normalized spacial score (nSPS) is 14.2. The molecule has 0 saturated heterocycles. The molecule has 19 heavy (non-hydrogen) atoms. The third-order valence-corrected chi connectivity index (χ3v) is 3.21. The van der Waals surface area contributed by atoms with Gasteiger partial charge in [0.2, 0.25) is 0 Å². The molecule has 2 aromatic carbocycles. The molecule has 4 heteroatoms. The Balaban J connectivity index is 2.63. The average Bonchev–Trinajstić information content (AvgIpc) is 2.45. The van der Waals surface area contributed by atoms with Crippen LogP contribution in [0.4, 0.5) is 13.2 Å². The van der Waals surface area contributed by atoms with Crippen molar-refractivity contribution in [1.29, 1.82) is 0 Å². The van der Waals surface area contributed by atoms with Gasteiger partial charge < -0.3 is 5.73 Å². The number of alkyl halides is 1. The lowest BCUT2D eigenvalue weighted by Crippen LogP contribution is -2.33. The lowest BCUT2D eigenvalue weighted by atomic mass is 9.87. The van der Waals surface area contributed by atoms with Crippen molar-refractivity contribution in [3.63, 3.8) is 0 Å². The quantitative estimate of drug-likeness (QED) is 0.903. The van der Waals surface area contributed by atoms with Gasteiger partial charge in [0.15, 0.2) is 17.3 Å². The zero-order valence-electron chi connectivity index (χ0n) is 10.5. The van der Waals surface area contributed by atoms with Crippen molar-refractivity contribution in [2.24, 2.45) is 5.73 Å². The highest BCUT2D eigenvalue weighted by atomic mass is 19.2. The largest absolute Gasteiger partial charge is 0.327 e. The third-order valence-electron chi connectivity index (χ3n) is 3.21. The Morgan fingerprint density at radius 1 is 1.00 bits per heavy atom. The number of halogens is 3. The van der Waals surface area contributed by atoms with E-state index in [0.29, 0.717) is 0 Å². The van der Waals surface area contributed by atoms with Crippen LogP contribution in [0.15, 0.2) is 42.5 Å². The van der Waals surface area contributed by atoms with Gasteiger partial charge in [-0.1, -0.05) is 42.5 Å². The van der Waals surface area contributed by atoms with Crippen LogP contribution in [0.3, 0.4) is 0 Å². The summed E-state index contributed by atoms with van der Waals surface area (Å²) in [7, 11) is 0. The van der Waals surface area contributed by atoms with Crippen LogP contribution in [0, 0.1) is 18.6 Å². The summed E-state index contributed by atoms with van der Waals surface area (Å²) in [4.78, 5) is 0. The number of rotatable bonds is 3. The molecule has 2 aromatic rings. The van der Waals surface area contributed by atoms with Gasteiger partial charge in [-0.2, -0.15) is 0 Å². The number of hydrogen-bond acceptors (Lipinski definition) is 1. The van der Waals surface area contributed by atoms with Gasteiger partial charge in [0.1, 0.15) is 0 Å². The predicted molar refractivity (Wildman–Crippen MR) is 68.5 cm³/mol. The molecule has 2 N–H and O–H groups in total. The maximum absolute atomic E-state index is 15.0. The van der Waals surface area contributed by atoms with Crippen molar-refractivity contribution < 1.29 is 13.2 Å². The van der Waals surface area contributed by atoms with Crippen LogP contribution in [-0.4, -0.2) is 6.54 Å². The first-order valence-electron chi connectivity index (χ1n) is 5.90. The van der Waals surface area contributed by atoms with Crippen LogP contribution < -0.4 is 5.73 Å². The summed E-state index contributed by atoms with van der Waals surface area (Å²) in [6.07, 6.45) is 0. The van der Waals surface area contributed by atoms with Gasteiger partial charge in [-0.3, -0.25) is 0 Å². The fraction of sp³-hybridized carbons (Fsp3) is 0.200.